The standard InChI is InChI=1S/C12H22N4O/c1-10(2)5-13-6-11-7-16(9-14-11)8-12(17)15(3)4/h7,9-10,13H,5-6,8H2,1-4H3. The van der Waals surface area contributed by atoms with Gasteiger partial charge in [-0.25, -0.2) is 4.98 Å². The number of carbonyl (C=O) groups excluding carboxylic acids is 1. The summed E-state index contributed by atoms with van der Waals surface area (Å²) in [6.07, 6.45) is 3.61. The summed E-state index contributed by atoms with van der Waals surface area (Å²) in [5.74, 6) is 0.705. The maximum Gasteiger partial charge on any atom is 0.242 e. The van der Waals surface area contributed by atoms with Gasteiger partial charge < -0.3 is 14.8 Å². The molecule has 1 aromatic heterocycles. The van der Waals surface area contributed by atoms with Crippen molar-refractivity contribution >= 4 is 5.91 Å². The second-order valence-corrected chi connectivity index (χ2v) is 4.85. The van der Waals surface area contributed by atoms with E-state index in [0.29, 0.717) is 12.5 Å². The van der Waals surface area contributed by atoms with Crippen LogP contribution in [0.3, 0.4) is 0 Å². The van der Waals surface area contributed by atoms with Crippen LogP contribution in [-0.4, -0.2) is 41.0 Å². The zero-order valence-electron chi connectivity index (χ0n) is 11.1. The van der Waals surface area contributed by atoms with Crippen LogP contribution in [0.15, 0.2) is 12.5 Å². The van der Waals surface area contributed by atoms with Crippen molar-refractivity contribution in [2.45, 2.75) is 26.9 Å². The van der Waals surface area contributed by atoms with Gasteiger partial charge in [-0.1, -0.05) is 13.8 Å². The third kappa shape index (κ3) is 4.99. The van der Waals surface area contributed by atoms with Crippen LogP contribution in [0.25, 0.3) is 0 Å². The molecule has 0 spiro atoms. The number of likely N-dealkylation sites (N-methyl/N-ethyl adjacent to an activating group) is 1. The van der Waals surface area contributed by atoms with E-state index in [9.17, 15) is 4.79 Å². The molecule has 0 radical (unpaired) electrons. The summed E-state index contributed by atoms with van der Waals surface area (Å²) in [6, 6.07) is 0. The smallest absolute Gasteiger partial charge is 0.242 e. The predicted molar refractivity (Wildman–Crippen MR) is 67.5 cm³/mol. The van der Waals surface area contributed by atoms with E-state index in [4.69, 9.17) is 0 Å². The average Bonchev–Trinajstić information content (AvgIpc) is 2.65. The van der Waals surface area contributed by atoms with Crippen molar-refractivity contribution in [2.24, 2.45) is 5.92 Å². The van der Waals surface area contributed by atoms with E-state index >= 15 is 0 Å². The van der Waals surface area contributed by atoms with E-state index in [1.54, 1.807) is 25.3 Å². The lowest BCUT2D eigenvalue weighted by molar-refractivity contribution is -0.129. The molecule has 1 amide bonds. The molecule has 1 N–H and O–H groups in total. The number of aromatic nitrogens is 2. The molecule has 1 rings (SSSR count). The van der Waals surface area contributed by atoms with E-state index in [-0.39, 0.29) is 5.91 Å². The van der Waals surface area contributed by atoms with Crippen LogP contribution in [0.1, 0.15) is 19.5 Å². The molecule has 1 aromatic rings. The maximum atomic E-state index is 11.5. The summed E-state index contributed by atoms with van der Waals surface area (Å²) in [7, 11) is 3.51. The fraction of sp³-hybridized carbons (Fsp3) is 0.667. The molecule has 0 aromatic carbocycles. The normalized spacial score (nSPS) is 10.9. The molecule has 0 aliphatic rings. The quantitative estimate of drug-likeness (QED) is 0.794. The van der Waals surface area contributed by atoms with Crippen molar-refractivity contribution in [3.8, 4) is 0 Å². The molecular weight excluding hydrogens is 216 g/mol. The molecule has 0 bridgehead atoms. The van der Waals surface area contributed by atoms with Gasteiger partial charge in [-0.2, -0.15) is 0 Å². The predicted octanol–water partition coefficient (Wildman–Crippen LogP) is 0.717. The van der Waals surface area contributed by atoms with Crippen LogP contribution in [0.5, 0.6) is 0 Å². The Labute approximate surface area is 103 Å². The van der Waals surface area contributed by atoms with Crippen molar-refractivity contribution in [3.63, 3.8) is 0 Å². The largest absolute Gasteiger partial charge is 0.347 e. The molecule has 0 saturated heterocycles. The first-order valence-corrected chi connectivity index (χ1v) is 5.90. The highest BCUT2D eigenvalue weighted by atomic mass is 16.2. The molecule has 0 aliphatic heterocycles. The van der Waals surface area contributed by atoms with Crippen molar-refractivity contribution in [3.05, 3.63) is 18.2 Å². The van der Waals surface area contributed by atoms with Gasteiger partial charge in [0.2, 0.25) is 5.91 Å². The van der Waals surface area contributed by atoms with E-state index in [2.05, 4.69) is 24.1 Å². The van der Waals surface area contributed by atoms with Gasteiger partial charge in [0.25, 0.3) is 0 Å². The maximum absolute atomic E-state index is 11.5. The van der Waals surface area contributed by atoms with Crippen molar-refractivity contribution in [1.29, 1.82) is 0 Å². The van der Waals surface area contributed by atoms with Crippen LogP contribution >= 0.6 is 0 Å². The zero-order valence-corrected chi connectivity index (χ0v) is 11.1. The Hall–Kier alpha value is -1.36. The number of amides is 1. The second-order valence-electron chi connectivity index (χ2n) is 4.85. The third-order valence-corrected chi connectivity index (χ3v) is 2.36. The molecule has 0 aliphatic carbocycles. The number of carbonyl (C=O) groups is 1. The lowest BCUT2D eigenvalue weighted by atomic mass is 10.2. The highest BCUT2D eigenvalue weighted by Gasteiger charge is 2.06. The van der Waals surface area contributed by atoms with Gasteiger partial charge in [-0.3, -0.25) is 4.79 Å². The molecule has 0 saturated carbocycles. The van der Waals surface area contributed by atoms with Crippen LogP contribution in [0.4, 0.5) is 0 Å². The van der Waals surface area contributed by atoms with E-state index in [0.717, 1.165) is 18.8 Å². The minimum absolute atomic E-state index is 0.0732. The number of nitrogens with one attached hydrogen (secondary N) is 1. The number of imidazole rings is 1. The average molecular weight is 238 g/mol. The fourth-order valence-electron chi connectivity index (χ4n) is 1.37. The van der Waals surface area contributed by atoms with Gasteiger partial charge in [0.15, 0.2) is 0 Å². The Bertz CT molecular complexity index is 357. The van der Waals surface area contributed by atoms with E-state index in [1.165, 1.54) is 0 Å². The first-order chi connectivity index (χ1) is 7.99. The summed E-state index contributed by atoms with van der Waals surface area (Å²) in [4.78, 5) is 17.3. The number of nitrogens with zero attached hydrogens (tertiary/aromatic N) is 3. The highest BCUT2D eigenvalue weighted by Crippen LogP contribution is 1.98. The lowest BCUT2D eigenvalue weighted by Gasteiger charge is -2.09. The summed E-state index contributed by atoms with van der Waals surface area (Å²) in [6.45, 7) is 6.41. The summed E-state index contributed by atoms with van der Waals surface area (Å²) < 4.78 is 1.81. The Morgan fingerprint density at radius 2 is 2.24 bits per heavy atom. The molecule has 0 fully saturated rings. The third-order valence-electron chi connectivity index (χ3n) is 2.36. The van der Waals surface area contributed by atoms with Crippen LogP contribution in [0, 0.1) is 5.92 Å². The van der Waals surface area contributed by atoms with Crippen molar-refractivity contribution in [2.75, 3.05) is 20.6 Å². The highest BCUT2D eigenvalue weighted by molar-refractivity contribution is 5.75. The minimum Gasteiger partial charge on any atom is -0.347 e. The second kappa shape index (κ2) is 6.39. The van der Waals surface area contributed by atoms with Crippen LogP contribution < -0.4 is 5.32 Å². The molecule has 5 heteroatoms. The molecular formula is C12H22N4O. The number of rotatable bonds is 6. The topological polar surface area (TPSA) is 50.2 Å². The Kier molecular flexibility index (Phi) is 5.15. The monoisotopic (exact) mass is 238 g/mol. The first kappa shape index (κ1) is 13.7. The van der Waals surface area contributed by atoms with E-state index in [1.807, 2.05) is 10.8 Å². The van der Waals surface area contributed by atoms with Crippen molar-refractivity contribution < 1.29 is 4.79 Å². The molecule has 96 valence electrons. The van der Waals surface area contributed by atoms with Gasteiger partial charge in [-0.15, -0.1) is 0 Å². The van der Waals surface area contributed by atoms with Gasteiger partial charge >= 0.3 is 0 Å². The van der Waals surface area contributed by atoms with Crippen LogP contribution in [0.2, 0.25) is 0 Å². The zero-order chi connectivity index (χ0) is 12.8. The van der Waals surface area contributed by atoms with Gasteiger partial charge in [0, 0.05) is 26.8 Å². The number of hydrogen-bond acceptors (Lipinski definition) is 3. The molecule has 5 nitrogen and oxygen atoms in total. The van der Waals surface area contributed by atoms with E-state index < -0.39 is 0 Å². The fourth-order valence-corrected chi connectivity index (χ4v) is 1.37. The van der Waals surface area contributed by atoms with Gasteiger partial charge in [-0.05, 0) is 12.5 Å². The van der Waals surface area contributed by atoms with Gasteiger partial charge in [0.1, 0.15) is 6.54 Å². The van der Waals surface area contributed by atoms with Crippen molar-refractivity contribution in [1.82, 2.24) is 19.8 Å². The molecule has 0 unspecified atom stereocenters. The SMILES string of the molecule is CC(C)CNCc1cn(CC(=O)N(C)C)cn1. The first-order valence-electron chi connectivity index (χ1n) is 5.90. The molecule has 17 heavy (non-hydrogen) atoms. The number of hydrogen-bond donors (Lipinski definition) is 1. The Morgan fingerprint density at radius 3 is 2.82 bits per heavy atom. The molecule has 1 heterocycles. The van der Waals surface area contributed by atoms with Crippen LogP contribution in [-0.2, 0) is 17.9 Å². The summed E-state index contributed by atoms with van der Waals surface area (Å²) in [5, 5.41) is 3.32. The Balaban J connectivity index is 2.40. The minimum atomic E-state index is 0.0732. The Morgan fingerprint density at radius 1 is 1.53 bits per heavy atom. The summed E-state index contributed by atoms with van der Waals surface area (Å²) >= 11 is 0. The summed E-state index contributed by atoms with van der Waals surface area (Å²) in [5.41, 5.74) is 0.970. The van der Waals surface area contributed by atoms with Gasteiger partial charge in [0.05, 0.1) is 12.0 Å². The molecule has 0 atom stereocenters. The lowest BCUT2D eigenvalue weighted by Crippen LogP contribution is -2.25.